The Morgan fingerprint density at radius 2 is 1.87 bits per heavy atom. The van der Waals surface area contributed by atoms with Crippen LogP contribution in [-0.4, -0.2) is 48.5 Å². The molecule has 0 aromatic carbocycles. The van der Waals surface area contributed by atoms with Crippen LogP contribution in [0, 0.1) is 11.3 Å². The molecule has 6 nitrogen and oxygen atoms in total. The van der Waals surface area contributed by atoms with Gasteiger partial charge in [-0.05, 0) is 6.92 Å². The molecule has 0 amide bonds. The Morgan fingerprint density at radius 1 is 1.40 bits per heavy atom. The van der Waals surface area contributed by atoms with Crippen LogP contribution in [0.25, 0.3) is 0 Å². The second-order valence-electron chi connectivity index (χ2n) is 3.16. The van der Waals surface area contributed by atoms with Crippen molar-refractivity contribution in [2.75, 3.05) is 14.2 Å². The molecule has 2 atom stereocenters. The smallest absolute Gasteiger partial charge is 0.312 e. The lowest BCUT2D eigenvalue weighted by Gasteiger charge is -2.20. The lowest BCUT2D eigenvalue weighted by atomic mass is 9.96. The van der Waals surface area contributed by atoms with Crippen molar-refractivity contribution in [3.8, 4) is 0 Å². The van der Waals surface area contributed by atoms with E-state index in [1.54, 1.807) is 0 Å². The lowest BCUT2D eigenvalue weighted by molar-refractivity contribution is -0.147. The molecule has 15 heavy (non-hydrogen) atoms. The normalized spacial score (nSPS) is 15.0. The summed E-state index contributed by atoms with van der Waals surface area (Å²) in [5, 5.41) is 25.4. The number of hydrogen-bond acceptors (Lipinski definition) is 5. The second-order valence-corrected chi connectivity index (χ2v) is 3.16. The number of aliphatic hydroxyl groups is 1. The molecule has 0 heterocycles. The number of aliphatic hydroxyl groups excluding tert-OH is 1. The summed E-state index contributed by atoms with van der Waals surface area (Å²) in [5.74, 6) is -2.25. The van der Waals surface area contributed by atoms with Gasteiger partial charge in [-0.15, -0.1) is 0 Å². The third-order valence-electron chi connectivity index (χ3n) is 2.08. The quantitative estimate of drug-likeness (QED) is 0.416. The van der Waals surface area contributed by atoms with Gasteiger partial charge in [0.25, 0.3) is 0 Å². The SMILES string of the molecule is COC(CC(C(=N)C(C)O)C(=O)O)OC. The van der Waals surface area contributed by atoms with E-state index in [2.05, 4.69) is 0 Å². The molecule has 0 aliphatic rings. The van der Waals surface area contributed by atoms with Crippen LogP contribution in [0.1, 0.15) is 13.3 Å². The highest BCUT2D eigenvalue weighted by atomic mass is 16.7. The van der Waals surface area contributed by atoms with Crippen molar-refractivity contribution >= 4 is 11.7 Å². The number of aliphatic carboxylic acids is 1. The third-order valence-corrected chi connectivity index (χ3v) is 2.08. The monoisotopic (exact) mass is 219 g/mol. The molecule has 0 saturated heterocycles. The first-order valence-corrected chi connectivity index (χ1v) is 4.48. The second kappa shape index (κ2) is 6.49. The zero-order valence-corrected chi connectivity index (χ0v) is 9.06. The number of carboxylic acids is 1. The summed E-state index contributed by atoms with van der Waals surface area (Å²) in [6.45, 7) is 1.35. The van der Waals surface area contributed by atoms with Crippen molar-refractivity contribution < 1.29 is 24.5 Å². The van der Waals surface area contributed by atoms with Crippen LogP contribution in [-0.2, 0) is 14.3 Å². The van der Waals surface area contributed by atoms with Crippen LogP contribution in [0.3, 0.4) is 0 Å². The number of nitrogens with one attached hydrogen (secondary N) is 1. The largest absolute Gasteiger partial charge is 0.481 e. The average Bonchev–Trinajstić information content (AvgIpc) is 2.18. The van der Waals surface area contributed by atoms with Gasteiger partial charge >= 0.3 is 5.97 Å². The van der Waals surface area contributed by atoms with E-state index in [1.165, 1.54) is 21.1 Å². The summed E-state index contributed by atoms with van der Waals surface area (Å²) in [7, 11) is 2.78. The Hall–Kier alpha value is -0.980. The number of rotatable bonds is 7. The minimum Gasteiger partial charge on any atom is -0.481 e. The van der Waals surface area contributed by atoms with Gasteiger partial charge in [-0.25, -0.2) is 0 Å². The molecule has 0 spiro atoms. The summed E-state index contributed by atoms with van der Waals surface area (Å²) >= 11 is 0. The predicted molar refractivity (Wildman–Crippen MR) is 53.0 cm³/mol. The van der Waals surface area contributed by atoms with Crippen LogP contribution in [0.15, 0.2) is 0 Å². The Morgan fingerprint density at radius 3 is 2.13 bits per heavy atom. The van der Waals surface area contributed by atoms with Gasteiger partial charge in [0, 0.05) is 20.6 Å². The van der Waals surface area contributed by atoms with E-state index in [9.17, 15) is 4.79 Å². The summed E-state index contributed by atoms with van der Waals surface area (Å²) in [6, 6.07) is 0. The van der Waals surface area contributed by atoms with Gasteiger partial charge in [0.1, 0.15) is 5.92 Å². The van der Waals surface area contributed by atoms with E-state index in [0.717, 1.165) is 0 Å². The van der Waals surface area contributed by atoms with Crippen LogP contribution < -0.4 is 0 Å². The molecule has 0 saturated carbocycles. The molecule has 0 bridgehead atoms. The van der Waals surface area contributed by atoms with E-state index in [0.29, 0.717) is 0 Å². The average molecular weight is 219 g/mol. The third kappa shape index (κ3) is 4.37. The van der Waals surface area contributed by atoms with Gasteiger partial charge < -0.3 is 25.1 Å². The minimum absolute atomic E-state index is 0.00602. The Kier molecular flexibility index (Phi) is 6.07. The standard InChI is InChI=1S/C9H17NO5/c1-5(11)8(10)6(9(12)13)4-7(14-2)15-3/h5-7,10-11H,4H2,1-3H3,(H,12,13). The Balaban J connectivity index is 4.54. The molecule has 88 valence electrons. The maximum absolute atomic E-state index is 10.8. The van der Waals surface area contributed by atoms with Crippen molar-refractivity contribution in [2.24, 2.45) is 5.92 Å². The maximum atomic E-state index is 10.8. The molecule has 2 unspecified atom stereocenters. The van der Waals surface area contributed by atoms with E-state index in [4.69, 9.17) is 25.1 Å². The number of hydrogen-bond donors (Lipinski definition) is 3. The first-order chi connectivity index (χ1) is 6.93. The topological polar surface area (TPSA) is 99.8 Å². The Bertz CT molecular complexity index is 225. The molecule has 0 aromatic heterocycles. The molecule has 0 fully saturated rings. The van der Waals surface area contributed by atoms with Crippen LogP contribution in [0.2, 0.25) is 0 Å². The van der Waals surface area contributed by atoms with Crippen molar-refractivity contribution in [1.29, 1.82) is 5.41 Å². The van der Waals surface area contributed by atoms with Gasteiger partial charge in [-0.1, -0.05) is 0 Å². The molecular formula is C9H17NO5. The minimum atomic E-state index is -1.17. The van der Waals surface area contributed by atoms with E-state index in [1.807, 2.05) is 0 Å². The van der Waals surface area contributed by atoms with Gasteiger partial charge in [0.05, 0.1) is 11.8 Å². The molecule has 3 N–H and O–H groups in total. The summed E-state index contributed by atoms with van der Waals surface area (Å²) < 4.78 is 9.69. The van der Waals surface area contributed by atoms with E-state index in [-0.39, 0.29) is 12.1 Å². The van der Waals surface area contributed by atoms with Crippen LogP contribution in [0.5, 0.6) is 0 Å². The fourth-order valence-corrected chi connectivity index (χ4v) is 1.13. The highest BCUT2D eigenvalue weighted by Gasteiger charge is 2.28. The van der Waals surface area contributed by atoms with Crippen molar-refractivity contribution in [3.05, 3.63) is 0 Å². The van der Waals surface area contributed by atoms with E-state index >= 15 is 0 Å². The first-order valence-electron chi connectivity index (χ1n) is 4.48. The highest BCUT2D eigenvalue weighted by molar-refractivity contribution is 6.01. The molecule has 0 rings (SSSR count). The predicted octanol–water partition coefficient (Wildman–Crippen LogP) is 0.0968. The molecular weight excluding hydrogens is 202 g/mol. The van der Waals surface area contributed by atoms with Crippen LogP contribution >= 0.6 is 0 Å². The van der Waals surface area contributed by atoms with Gasteiger partial charge in [0.2, 0.25) is 0 Å². The van der Waals surface area contributed by atoms with Crippen molar-refractivity contribution in [3.63, 3.8) is 0 Å². The van der Waals surface area contributed by atoms with Crippen molar-refractivity contribution in [2.45, 2.75) is 25.7 Å². The fourth-order valence-electron chi connectivity index (χ4n) is 1.13. The molecule has 6 heteroatoms. The van der Waals surface area contributed by atoms with Crippen molar-refractivity contribution in [1.82, 2.24) is 0 Å². The van der Waals surface area contributed by atoms with Crippen LogP contribution in [0.4, 0.5) is 0 Å². The number of methoxy groups -OCH3 is 2. The summed E-state index contributed by atoms with van der Waals surface area (Å²) in [5.41, 5.74) is -0.249. The fraction of sp³-hybridized carbons (Fsp3) is 0.778. The zero-order chi connectivity index (χ0) is 12.0. The summed E-state index contributed by atoms with van der Waals surface area (Å²) in [4.78, 5) is 10.8. The van der Waals surface area contributed by atoms with E-state index < -0.39 is 24.3 Å². The zero-order valence-electron chi connectivity index (χ0n) is 9.06. The summed E-state index contributed by atoms with van der Waals surface area (Å²) in [6.07, 6.45) is -1.77. The first kappa shape index (κ1) is 14.0. The highest BCUT2D eigenvalue weighted by Crippen LogP contribution is 2.13. The van der Waals surface area contributed by atoms with Gasteiger partial charge in [-0.3, -0.25) is 4.79 Å². The molecule has 0 aromatic rings. The number of ether oxygens (including phenoxy) is 2. The Labute approximate surface area is 88.3 Å². The maximum Gasteiger partial charge on any atom is 0.312 e. The number of carbonyl (C=O) groups is 1. The lowest BCUT2D eigenvalue weighted by Crippen LogP contribution is -2.34. The molecule has 0 aliphatic carbocycles. The molecule has 0 aliphatic heterocycles. The van der Waals surface area contributed by atoms with Gasteiger partial charge in [-0.2, -0.15) is 0 Å². The number of carboxylic acid groups (broad SMARTS) is 1. The van der Waals surface area contributed by atoms with Gasteiger partial charge in [0.15, 0.2) is 6.29 Å². The molecule has 0 radical (unpaired) electrons.